The molecule has 0 fully saturated rings. The van der Waals surface area contributed by atoms with Crippen LogP contribution in [0.2, 0.25) is 0 Å². The average molecular weight is 433 g/mol. The van der Waals surface area contributed by atoms with Crippen LogP contribution in [0.25, 0.3) is 0 Å². The second-order valence-corrected chi connectivity index (χ2v) is 6.46. The maximum atomic E-state index is 12.2. The van der Waals surface area contributed by atoms with E-state index in [1.807, 2.05) is 0 Å². The van der Waals surface area contributed by atoms with E-state index in [-0.39, 0.29) is 19.6 Å². The fourth-order valence-corrected chi connectivity index (χ4v) is 2.87. The van der Waals surface area contributed by atoms with E-state index in [1.165, 1.54) is 0 Å². The van der Waals surface area contributed by atoms with Crippen LogP contribution in [-0.2, 0) is 29.2 Å². The fourth-order valence-electron chi connectivity index (χ4n) is 2.28. The van der Waals surface area contributed by atoms with E-state index < -0.39 is 18.8 Å². The molecule has 0 aliphatic rings. The Kier molecular flexibility index (Phi) is 7.05. The van der Waals surface area contributed by atoms with Gasteiger partial charge in [0.2, 0.25) is 0 Å². The fraction of sp³-hybridized carbons (Fsp3) is 0.278. The van der Waals surface area contributed by atoms with E-state index in [0.717, 1.165) is 5.56 Å². The largest absolute Gasteiger partial charge is 0.489 e. The zero-order chi connectivity index (χ0) is 19.2. The number of rotatable bonds is 8. The second-order valence-electron chi connectivity index (χ2n) is 5.54. The molecule has 1 N–H and O–H groups in total. The van der Waals surface area contributed by atoms with Crippen molar-refractivity contribution in [2.45, 2.75) is 25.8 Å². The highest BCUT2D eigenvalue weighted by Gasteiger charge is 2.27. The summed E-state index contributed by atoms with van der Waals surface area (Å²) in [6.07, 6.45) is -4.53. The van der Waals surface area contributed by atoms with E-state index in [0.29, 0.717) is 21.3 Å². The molecular formula is C18H16BrF3O4. The van der Waals surface area contributed by atoms with Crippen LogP contribution in [0.4, 0.5) is 13.2 Å². The predicted molar refractivity (Wildman–Crippen MR) is 92.0 cm³/mol. The lowest BCUT2D eigenvalue weighted by molar-refractivity contribution is -0.176. The van der Waals surface area contributed by atoms with Crippen LogP contribution in [0, 0.1) is 0 Å². The van der Waals surface area contributed by atoms with E-state index in [9.17, 15) is 18.0 Å². The van der Waals surface area contributed by atoms with Gasteiger partial charge in [0.15, 0.2) is 0 Å². The van der Waals surface area contributed by atoms with Gasteiger partial charge in [-0.15, -0.1) is 0 Å². The van der Waals surface area contributed by atoms with Gasteiger partial charge in [0, 0.05) is 10.0 Å². The lowest BCUT2D eigenvalue weighted by atomic mass is 10.1. The van der Waals surface area contributed by atoms with Crippen molar-refractivity contribution in [3.05, 3.63) is 63.6 Å². The molecule has 0 amide bonds. The minimum Gasteiger partial charge on any atom is -0.489 e. The summed E-state index contributed by atoms with van der Waals surface area (Å²) in [6.45, 7) is -1.35. The smallest absolute Gasteiger partial charge is 0.411 e. The van der Waals surface area contributed by atoms with Crippen LogP contribution in [0.15, 0.2) is 46.9 Å². The maximum absolute atomic E-state index is 12.2. The molecule has 140 valence electrons. The van der Waals surface area contributed by atoms with Gasteiger partial charge in [-0.25, -0.2) is 0 Å². The number of alkyl halides is 3. The molecule has 0 heterocycles. The van der Waals surface area contributed by atoms with Gasteiger partial charge in [0.25, 0.3) is 0 Å². The first-order chi connectivity index (χ1) is 12.2. The highest BCUT2D eigenvalue weighted by molar-refractivity contribution is 9.10. The first kappa shape index (κ1) is 20.3. The summed E-state index contributed by atoms with van der Waals surface area (Å²) < 4.78 is 47.5. The Balaban J connectivity index is 2.03. The highest BCUT2D eigenvalue weighted by Crippen LogP contribution is 2.23. The van der Waals surface area contributed by atoms with Crippen LogP contribution in [-0.4, -0.2) is 23.9 Å². The number of aliphatic carboxylic acids is 1. The van der Waals surface area contributed by atoms with Crippen molar-refractivity contribution in [3.63, 3.8) is 0 Å². The predicted octanol–water partition coefficient (Wildman–Crippen LogP) is 4.73. The molecular weight excluding hydrogens is 417 g/mol. The molecule has 8 heteroatoms. The summed E-state index contributed by atoms with van der Waals surface area (Å²) >= 11 is 3.31. The average Bonchev–Trinajstić information content (AvgIpc) is 2.52. The van der Waals surface area contributed by atoms with E-state index in [4.69, 9.17) is 9.84 Å². The lowest BCUT2D eigenvalue weighted by Crippen LogP contribution is -2.16. The van der Waals surface area contributed by atoms with Crippen LogP contribution in [0.1, 0.15) is 16.7 Å². The first-order valence-corrected chi connectivity index (χ1v) is 8.37. The summed E-state index contributed by atoms with van der Waals surface area (Å²) in [5, 5.41) is 8.93. The van der Waals surface area contributed by atoms with Crippen LogP contribution in [0.5, 0.6) is 5.75 Å². The van der Waals surface area contributed by atoms with Crippen molar-refractivity contribution < 1.29 is 32.5 Å². The number of ether oxygens (including phenoxy) is 2. The Labute approximate surface area is 156 Å². The number of carboxylic acids is 1. The van der Waals surface area contributed by atoms with Gasteiger partial charge >= 0.3 is 12.1 Å². The molecule has 4 nitrogen and oxygen atoms in total. The van der Waals surface area contributed by atoms with E-state index >= 15 is 0 Å². The Hall–Kier alpha value is -2.06. The van der Waals surface area contributed by atoms with Gasteiger partial charge < -0.3 is 14.6 Å². The molecule has 0 aromatic heterocycles. The van der Waals surface area contributed by atoms with Crippen molar-refractivity contribution in [2.75, 3.05) is 6.61 Å². The molecule has 0 bridgehead atoms. The molecule has 0 saturated heterocycles. The van der Waals surface area contributed by atoms with Gasteiger partial charge in [-0.3, -0.25) is 4.79 Å². The van der Waals surface area contributed by atoms with E-state index in [2.05, 4.69) is 20.7 Å². The third kappa shape index (κ3) is 7.05. The number of carbonyl (C=O) groups is 1. The van der Waals surface area contributed by atoms with Crippen molar-refractivity contribution in [1.82, 2.24) is 0 Å². The monoisotopic (exact) mass is 432 g/mol. The molecule has 0 aliphatic carbocycles. The maximum Gasteiger partial charge on any atom is 0.411 e. The van der Waals surface area contributed by atoms with Gasteiger partial charge in [-0.2, -0.15) is 13.2 Å². The molecule has 0 saturated carbocycles. The Morgan fingerprint density at radius 3 is 2.38 bits per heavy atom. The van der Waals surface area contributed by atoms with Crippen LogP contribution < -0.4 is 4.74 Å². The third-order valence-electron chi connectivity index (χ3n) is 3.26. The molecule has 26 heavy (non-hydrogen) atoms. The summed E-state index contributed by atoms with van der Waals surface area (Å²) in [4.78, 5) is 10.9. The Morgan fingerprint density at radius 1 is 1.08 bits per heavy atom. The normalized spacial score (nSPS) is 11.4. The summed E-state index contributed by atoms with van der Waals surface area (Å²) in [7, 11) is 0. The van der Waals surface area contributed by atoms with Gasteiger partial charge in [-0.1, -0.05) is 40.2 Å². The highest BCUT2D eigenvalue weighted by atomic mass is 79.9. The zero-order valence-electron chi connectivity index (χ0n) is 13.6. The molecule has 0 aliphatic heterocycles. The molecule has 2 rings (SSSR count). The van der Waals surface area contributed by atoms with Crippen LogP contribution in [0.3, 0.4) is 0 Å². The number of carboxylic acid groups (broad SMARTS) is 1. The van der Waals surface area contributed by atoms with Crippen molar-refractivity contribution in [3.8, 4) is 5.75 Å². The molecule has 0 radical (unpaired) electrons. The van der Waals surface area contributed by atoms with Crippen molar-refractivity contribution in [2.24, 2.45) is 0 Å². The summed E-state index contributed by atoms with van der Waals surface area (Å²) in [5.41, 5.74) is 1.83. The number of benzene rings is 2. The SMILES string of the molecule is O=C(O)Cc1ccccc1OCc1cc(Br)cc(COCC(F)(F)F)c1. The Bertz CT molecular complexity index is 762. The molecule has 0 unspecified atom stereocenters. The molecule has 0 atom stereocenters. The van der Waals surface area contributed by atoms with Crippen molar-refractivity contribution >= 4 is 21.9 Å². The first-order valence-electron chi connectivity index (χ1n) is 7.58. The van der Waals surface area contributed by atoms with Gasteiger partial charge in [-0.05, 0) is 29.3 Å². The number of hydrogen-bond donors (Lipinski definition) is 1. The van der Waals surface area contributed by atoms with Crippen LogP contribution >= 0.6 is 15.9 Å². The van der Waals surface area contributed by atoms with E-state index in [1.54, 1.807) is 42.5 Å². The van der Waals surface area contributed by atoms with Gasteiger partial charge in [0.05, 0.1) is 13.0 Å². The summed E-state index contributed by atoms with van der Waals surface area (Å²) in [6, 6.07) is 11.9. The number of para-hydroxylation sites is 1. The van der Waals surface area contributed by atoms with Gasteiger partial charge in [0.1, 0.15) is 19.0 Å². The minimum atomic E-state index is -4.37. The molecule has 2 aromatic rings. The number of hydrogen-bond acceptors (Lipinski definition) is 3. The molecule has 0 spiro atoms. The third-order valence-corrected chi connectivity index (χ3v) is 3.72. The Morgan fingerprint density at radius 2 is 1.73 bits per heavy atom. The quantitative estimate of drug-likeness (QED) is 0.654. The van der Waals surface area contributed by atoms with Crippen molar-refractivity contribution in [1.29, 1.82) is 0 Å². The second kappa shape index (κ2) is 9.05. The standard InChI is InChI=1S/C18H16BrF3O4/c19-15-6-12(9-25-11-18(20,21)22)5-13(7-15)10-26-16-4-2-1-3-14(16)8-17(23)24/h1-7H,8-11H2,(H,23,24). The summed E-state index contributed by atoms with van der Waals surface area (Å²) in [5.74, 6) is -0.516. The topological polar surface area (TPSA) is 55.8 Å². The minimum absolute atomic E-state index is 0.141. The number of halogens is 4. The molecule has 2 aromatic carbocycles. The lowest BCUT2D eigenvalue weighted by Gasteiger charge is -2.12. The zero-order valence-corrected chi connectivity index (χ0v) is 15.1.